The molecule has 0 aromatic heterocycles. The molecule has 0 radical (unpaired) electrons. The molecule has 0 unspecified atom stereocenters. The SMILES string of the molecule is Cc1ccc(N[C@@H]2CCCSC2)c(Cl)c1. The molecule has 82 valence electrons. The van der Waals surface area contributed by atoms with Crippen molar-refractivity contribution < 1.29 is 0 Å². The van der Waals surface area contributed by atoms with E-state index in [1.807, 2.05) is 17.8 Å². The van der Waals surface area contributed by atoms with Crippen LogP contribution in [0.4, 0.5) is 5.69 Å². The van der Waals surface area contributed by atoms with Crippen molar-refractivity contribution in [2.24, 2.45) is 0 Å². The van der Waals surface area contributed by atoms with Gasteiger partial charge in [0.15, 0.2) is 0 Å². The van der Waals surface area contributed by atoms with E-state index in [9.17, 15) is 0 Å². The molecule has 1 aliphatic rings. The van der Waals surface area contributed by atoms with E-state index < -0.39 is 0 Å². The predicted octanol–water partition coefficient (Wildman–Crippen LogP) is 3.96. The zero-order chi connectivity index (χ0) is 10.7. The molecule has 2 rings (SSSR count). The standard InChI is InChI=1S/C12H16ClNS/c1-9-4-5-12(11(13)7-9)14-10-3-2-6-15-8-10/h4-5,7,10,14H,2-3,6,8H2,1H3/t10-/m1/s1. The summed E-state index contributed by atoms with van der Waals surface area (Å²) in [6, 6.07) is 6.78. The maximum Gasteiger partial charge on any atom is 0.0640 e. The van der Waals surface area contributed by atoms with E-state index in [1.165, 1.54) is 29.9 Å². The van der Waals surface area contributed by atoms with E-state index in [2.05, 4.69) is 24.4 Å². The third-order valence-corrected chi connectivity index (χ3v) is 4.17. The van der Waals surface area contributed by atoms with Crippen LogP contribution in [-0.4, -0.2) is 17.5 Å². The van der Waals surface area contributed by atoms with E-state index in [4.69, 9.17) is 11.6 Å². The third-order valence-electron chi connectivity index (χ3n) is 2.64. The summed E-state index contributed by atoms with van der Waals surface area (Å²) in [7, 11) is 0. The molecule has 0 aliphatic carbocycles. The van der Waals surface area contributed by atoms with Crippen LogP contribution in [0, 0.1) is 6.92 Å². The molecule has 1 saturated heterocycles. The fourth-order valence-electron chi connectivity index (χ4n) is 1.81. The Kier molecular flexibility index (Phi) is 3.81. The van der Waals surface area contributed by atoms with E-state index in [0.717, 1.165) is 10.7 Å². The molecule has 15 heavy (non-hydrogen) atoms. The molecule has 1 fully saturated rings. The second kappa shape index (κ2) is 5.13. The molecule has 1 aromatic carbocycles. The van der Waals surface area contributed by atoms with E-state index in [-0.39, 0.29) is 0 Å². The summed E-state index contributed by atoms with van der Waals surface area (Å²) in [5.74, 6) is 2.50. The van der Waals surface area contributed by atoms with Crippen molar-refractivity contribution in [3.8, 4) is 0 Å². The molecule has 0 saturated carbocycles. The van der Waals surface area contributed by atoms with Crippen LogP contribution < -0.4 is 5.32 Å². The summed E-state index contributed by atoms with van der Waals surface area (Å²) >= 11 is 8.21. The highest BCUT2D eigenvalue weighted by atomic mass is 35.5. The van der Waals surface area contributed by atoms with Gasteiger partial charge in [-0.25, -0.2) is 0 Å². The van der Waals surface area contributed by atoms with Gasteiger partial charge in [0, 0.05) is 11.8 Å². The number of halogens is 1. The third kappa shape index (κ3) is 3.05. The lowest BCUT2D eigenvalue weighted by Crippen LogP contribution is -2.25. The molecular weight excluding hydrogens is 226 g/mol. The summed E-state index contributed by atoms with van der Waals surface area (Å²) in [5, 5.41) is 4.36. The molecule has 1 heterocycles. The highest BCUT2D eigenvalue weighted by molar-refractivity contribution is 7.99. The molecule has 1 atom stereocenters. The number of rotatable bonds is 2. The molecule has 1 aromatic rings. The first-order chi connectivity index (χ1) is 7.25. The fraction of sp³-hybridized carbons (Fsp3) is 0.500. The Morgan fingerprint density at radius 1 is 1.47 bits per heavy atom. The number of thioether (sulfide) groups is 1. The number of nitrogens with one attached hydrogen (secondary N) is 1. The highest BCUT2D eigenvalue weighted by Gasteiger charge is 2.14. The van der Waals surface area contributed by atoms with Crippen LogP contribution in [0.3, 0.4) is 0 Å². The zero-order valence-electron chi connectivity index (χ0n) is 8.92. The number of benzene rings is 1. The maximum absolute atomic E-state index is 6.18. The lowest BCUT2D eigenvalue weighted by atomic mass is 10.1. The molecule has 0 bridgehead atoms. The van der Waals surface area contributed by atoms with Crippen LogP contribution >= 0.6 is 23.4 Å². The first-order valence-electron chi connectivity index (χ1n) is 5.36. The quantitative estimate of drug-likeness (QED) is 0.841. The van der Waals surface area contributed by atoms with Crippen LogP contribution in [0.1, 0.15) is 18.4 Å². The number of anilines is 1. The van der Waals surface area contributed by atoms with Gasteiger partial charge >= 0.3 is 0 Å². The largest absolute Gasteiger partial charge is 0.380 e. The molecule has 1 aliphatic heterocycles. The maximum atomic E-state index is 6.18. The Morgan fingerprint density at radius 3 is 3.00 bits per heavy atom. The van der Waals surface area contributed by atoms with Gasteiger partial charge in [0.05, 0.1) is 10.7 Å². The van der Waals surface area contributed by atoms with Crippen LogP contribution in [0.2, 0.25) is 5.02 Å². The minimum absolute atomic E-state index is 0.587. The fourth-order valence-corrected chi connectivity index (χ4v) is 3.17. The summed E-state index contributed by atoms with van der Waals surface area (Å²) in [6.07, 6.45) is 2.57. The first kappa shape index (κ1) is 11.2. The summed E-state index contributed by atoms with van der Waals surface area (Å²) in [4.78, 5) is 0. The van der Waals surface area contributed by atoms with Gasteiger partial charge in [0.25, 0.3) is 0 Å². The Labute approximate surface area is 101 Å². The average Bonchev–Trinajstić information content (AvgIpc) is 2.24. The minimum Gasteiger partial charge on any atom is -0.380 e. The molecular formula is C12H16ClNS. The number of aryl methyl sites for hydroxylation is 1. The Morgan fingerprint density at radius 2 is 2.33 bits per heavy atom. The topological polar surface area (TPSA) is 12.0 Å². The van der Waals surface area contributed by atoms with E-state index in [1.54, 1.807) is 0 Å². The van der Waals surface area contributed by atoms with Crippen molar-refractivity contribution in [1.82, 2.24) is 0 Å². The molecule has 3 heteroatoms. The molecule has 0 amide bonds. The van der Waals surface area contributed by atoms with Crippen LogP contribution in [-0.2, 0) is 0 Å². The van der Waals surface area contributed by atoms with Gasteiger partial charge in [-0.2, -0.15) is 11.8 Å². The molecule has 1 N–H and O–H groups in total. The zero-order valence-corrected chi connectivity index (χ0v) is 10.5. The predicted molar refractivity (Wildman–Crippen MR) is 70.2 cm³/mol. The van der Waals surface area contributed by atoms with Gasteiger partial charge in [-0.15, -0.1) is 0 Å². The van der Waals surface area contributed by atoms with Gasteiger partial charge in [-0.05, 0) is 43.2 Å². The second-order valence-electron chi connectivity index (χ2n) is 4.04. The van der Waals surface area contributed by atoms with Gasteiger partial charge in [0.1, 0.15) is 0 Å². The van der Waals surface area contributed by atoms with Crippen LogP contribution in [0.25, 0.3) is 0 Å². The van der Waals surface area contributed by atoms with Crippen molar-refractivity contribution >= 4 is 29.1 Å². The van der Waals surface area contributed by atoms with Crippen molar-refractivity contribution in [1.29, 1.82) is 0 Å². The van der Waals surface area contributed by atoms with E-state index >= 15 is 0 Å². The van der Waals surface area contributed by atoms with Crippen molar-refractivity contribution in [3.63, 3.8) is 0 Å². The summed E-state index contributed by atoms with van der Waals surface area (Å²) < 4.78 is 0. The molecule has 1 nitrogen and oxygen atoms in total. The summed E-state index contributed by atoms with van der Waals surface area (Å²) in [5.41, 5.74) is 2.29. The summed E-state index contributed by atoms with van der Waals surface area (Å²) in [6.45, 7) is 2.06. The van der Waals surface area contributed by atoms with Crippen LogP contribution in [0.5, 0.6) is 0 Å². The van der Waals surface area contributed by atoms with Crippen molar-refractivity contribution in [2.45, 2.75) is 25.8 Å². The Bertz CT molecular complexity index is 334. The monoisotopic (exact) mass is 241 g/mol. The normalized spacial score (nSPS) is 21.3. The van der Waals surface area contributed by atoms with Gasteiger partial charge < -0.3 is 5.32 Å². The smallest absolute Gasteiger partial charge is 0.0640 e. The van der Waals surface area contributed by atoms with Gasteiger partial charge in [-0.1, -0.05) is 17.7 Å². The van der Waals surface area contributed by atoms with Gasteiger partial charge in [0.2, 0.25) is 0 Å². The Hall–Kier alpha value is -0.340. The lowest BCUT2D eigenvalue weighted by Gasteiger charge is -2.24. The van der Waals surface area contributed by atoms with Crippen molar-refractivity contribution in [3.05, 3.63) is 28.8 Å². The van der Waals surface area contributed by atoms with Gasteiger partial charge in [-0.3, -0.25) is 0 Å². The lowest BCUT2D eigenvalue weighted by molar-refractivity contribution is 0.685. The Balaban J connectivity index is 2.03. The van der Waals surface area contributed by atoms with Crippen molar-refractivity contribution in [2.75, 3.05) is 16.8 Å². The first-order valence-corrected chi connectivity index (χ1v) is 6.89. The van der Waals surface area contributed by atoms with E-state index in [0.29, 0.717) is 6.04 Å². The average molecular weight is 242 g/mol. The van der Waals surface area contributed by atoms with Crippen LogP contribution in [0.15, 0.2) is 18.2 Å². The minimum atomic E-state index is 0.587. The molecule has 0 spiro atoms. The highest BCUT2D eigenvalue weighted by Crippen LogP contribution is 2.26. The second-order valence-corrected chi connectivity index (χ2v) is 5.60. The number of hydrogen-bond acceptors (Lipinski definition) is 2. The number of hydrogen-bond donors (Lipinski definition) is 1.